The number of nitrogens with one attached hydrogen (secondary N) is 1. The molecular weight excluding hydrogens is 260 g/mol. The molecule has 1 aliphatic heterocycles. The fraction of sp³-hybridized carbons (Fsp3) is 0.471. The summed E-state index contributed by atoms with van der Waals surface area (Å²) in [5, 5.41) is 7.92. The molecule has 2 atom stereocenters. The Balaban J connectivity index is 1.73. The molecule has 112 valence electrons. The highest BCUT2D eigenvalue weighted by Gasteiger charge is 2.24. The molecular formula is C17H24N4. The van der Waals surface area contributed by atoms with Crippen LogP contribution in [0.5, 0.6) is 0 Å². The third-order valence-corrected chi connectivity index (χ3v) is 4.51. The number of hydrogen-bond donors (Lipinski definition) is 1. The maximum atomic E-state index is 4.52. The highest BCUT2D eigenvalue weighted by atomic mass is 15.3. The first-order valence-electron chi connectivity index (χ1n) is 7.79. The first-order chi connectivity index (χ1) is 10.3. The zero-order valence-electron chi connectivity index (χ0n) is 12.9. The number of likely N-dealkylation sites (N-methyl/N-ethyl adjacent to an activating group) is 1. The lowest BCUT2D eigenvalue weighted by atomic mass is 10.0. The van der Waals surface area contributed by atoms with Gasteiger partial charge in [0, 0.05) is 30.4 Å². The van der Waals surface area contributed by atoms with Gasteiger partial charge in [0.1, 0.15) is 0 Å². The van der Waals surface area contributed by atoms with Gasteiger partial charge < -0.3 is 5.32 Å². The van der Waals surface area contributed by atoms with E-state index in [2.05, 4.69) is 47.6 Å². The van der Waals surface area contributed by atoms with Crippen molar-refractivity contribution in [3.05, 3.63) is 48.3 Å². The molecule has 0 saturated carbocycles. The fourth-order valence-corrected chi connectivity index (χ4v) is 3.08. The molecule has 1 aromatic heterocycles. The van der Waals surface area contributed by atoms with Crippen LogP contribution in [-0.2, 0) is 0 Å². The van der Waals surface area contributed by atoms with Crippen molar-refractivity contribution in [1.29, 1.82) is 0 Å². The van der Waals surface area contributed by atoms with Gasteiger partial charge in [0.15, 0.2) is 0 Å². The van der Waals surface area contributed by atoms with Crippen LogP contribution < -0.4 is 5.32 Å². The third-order valence-electron chi connectivity index (χ3n) is 4.51. The highest BCUT2D eigenvalue weighted by molar-refractivity contribution is 5.31. The summed E-state index contributed by atoms with van der Waals surface area (Å²) in [6.45, 7) is 4.58. The van der Waals surface area contributed by atoms with Crippen LogP contribution in [0.15, 0.2) is 42.7 Å². The standard InChI is InChI=1S/C17H24N4/c1-14(20-10-6-7-16(13-20)18-2)15-11-19-21(12-15)17-8-4-3-5-9-17/h3-5,8-9,11-12,14,16,18H,6-7,10,13H2,1-2H3. The molecule has 0 aliphatic carbocycles. The second kappa shape index (κ2) is 6.41. The minimum Gasteiger partial charge on any atom is -0.316 e. The summed E-state index contributed by atoms with van der Waals surface area (Å²) >= 11 is 0. The van der Waals surface area contributed by atoms with Crippen molar-refractivity contribution in [1.82, 2.24) is 20.0 Å². The van der Waals surface area contributed by atoms with Crippen LogP contribution in [0.25, 0.3) is 5.69 Å². The van der Waals surface area contributed by atoms with Gasteiger partial charge in [0.2, 0.25) is 0 Å². The van der Waals surface area contributed by atoms with Gasteiger partial charge in [-0.15, -0.1) is 0 Å². The predicted molar refractivity (Wildman–Crippen MR) is 85.6 cm³/mol. The lowest BCUT2D eigenvalue weighted by molar-refractivity contribution is 0.149. The zero-order chi connectivity index (χ0) is 14.7. The number of nitrogens with zero attached hydrogens (tertiary/aromatic N) is 3. The van der Waals surface area contributed by atoms with E-state index in [1.807, 2.05) is 29.1 Å². The number of rotatable bonds is 4. The van der Waals surface area contributed by atoms with E-state index in [9.17, 15) is 0 Å². The lowest BCUT2D eigenvalue weighted by Gasteiger charge is -2.36. The summed E-state index contributed by atoms with van der Waals surface area (Å²) in [6, 6.07) is 11.3. The zero-order valence-corrected chi connectivity index (χ0v) is 12.9. The molecule has 1 aromatic carbocycles. The summed E-state index contributed by atoms with van der Waals surface area (Å²) in [5.74, 6) is 0. The third kappa shape index (κ3) is 3.17. The van der Waals surface area contributed by atoms with Crippen molar-refractivity contribution in [2.75, 3.05) is 20.1 Å². The Hall–Kier alpha value is -1.65. The van der Waals surface area contributed by atoms with E-state index in [1.165, 1.54) is 24.9 Å². The largest absolute Gasteiger partial charge is 0.316 e. The topological polar surface area (TPSA) is 33.1 Å². The van der Waals surface area contributed by atoms with E-state index in [4.69, 9.17) is 0 Å². The molecule has 2 heterocycles. The Bertz CT molecular complexity index is 563. The summed E-state index contributed by atoms with van der Waals surface area (Å²) in [5.41, 5.74) is 2.40. The van der Waals surface area contributed by atoms with Crippen LogP contribution in [-0.4, -0.2) is 40.9 Å². The molecule has 4 heteroatoms. The molecule has 21 heavy (non-hydrogen) atoms. The van der Waals surface area contributed by atoms with Gasteiger partial charge in [-0.2, -0.15) is 5.10 Å². The Morgan fingerprint density at radius 2 is 2.10 bits per heavy atom. The second-order valence-corrected chi connectivity index (χ2v) is 5.85. The summed E-state index contributed by atoms with van der Waals surface area (Å²) < 4.78 is 1.96. The molecule has 0 spiro atoms. The fourth-order valence-electron chi connectivity index (χ4n) is 3.08. The van der Waals surface area contributed by atoms with Crippen molar-refractivity contribution < 1.29 is 0 Å². The maximum Gasteiger partial charge on any atom is 0.0645 e. The van der Waals surface area contributed by atoms with Crippen molar-refractivity contribution in [2.45, 2.75) is 31.8 Å². The SMILES string of the molecule is CNC1CCCN(C(C)c2cnn(-c3ccccc3)c2)C1. The summed E-state index contributed by atoms with van der Waals surface area (Å²) in [4.78, 5) is 2.55. The van der Waals surface area contributed by atoms with Gasteiger partial charge in [-0.25, -0.2) is 4.68 Å². The predicted octanol–water partition coefficient (Wildman–Crippen LogP) is 2.62. The molecule has 1 N–H and O–H groups in total. The minimum absolute atomic E-state index is 0.415. The van der Waals surface area contributed by atoms with Gasteiger partial charge in [-0.05, 0) is 45.5 Å². The van der Waals surface area contributed by atoms with E-state index in [-0.39, 0.29) is 0 Å². The average Bonchev–Trinajstić information content (AvgIpc) is 3.05. The monoisotopic (exact) mass is 284 g/mol. The number of para-hydroxylation sites is 1. The molecule has 3 rings (SSSR count). The average molecular weight is 284 g/mol. The molecule has 1 saturated heterocycles. The van der Waals surface area contributed by atoms with Crippen LogP contribution in [0.1, 0.15) is 31.4 Å². The maximum absolute atomic E-state index is 4.52. The minimum atomic E-state index is 0.415. The van der Waals surface area contributed by atoms with Gasteiger partial charge in [0.05, 0.1) is 11.9 Å². The molecule has 1 aliphatic rings. The Morgan fingerprint density at radius 1 is 1.29 bits per heavy atom. The lowest BCUT2D eigenvalue weighted by Crippen LogP contribution is -2.45. The van der Waals surface area contributed by atoms with Crippen molar-refractivity contribution in [3.63, 3.8) is 0 Å². The van der Waals surface area contributed by atoms with E-state index < -0.39 is 0 Å². The summed E-state index contributed by atoms with van der Waals surface area (Å²) in [6.07, 6.45) is 6.70. The number of benzene rings is 1. The van der Waals surface area contributed by atoms with Gasteiger partial charge in [-0.1, -0.05) is 18.2 Å². The molecule has 2 aromatic rings. The molecule has 4 nitrogen and oxygen atoms in total. The van der Waals surface area contributed by atoms with E-state index in [1.54, 1.807) is 0 Å². The van der Waals surface area contributed by atoms with E-state index >= 15 is 0 Å². The van der Waals surface area contributed by atoms with E-state index in [0.29, 0.717) is 12.1 Å². The van der Waals surface area contributed by atoms with Crippen molar-refractivity contribution in [2.24, 2.45) is 0 Å². The molecule has 0 amide bonds. The number of aromatic nitrogens is 2. The van der Waals surface area contributed by atoms with Crippen LogP contribution in [0, 0.1) is 0 Å². The van der Waals surface area contributed by atoms with Crippen molar-refractivity contribution in [3.8, 4) is 5.69 Å². The summed E-state index contributed by atoms with van der Waals surface area (Å²) in [7, 11) is 2.06. The first kappa shape index (κ1) is 14.3. The highest BCUT2D eigenvalue weighted by Crippen LogP contribution is 2.24. The van der Waals surface area contributed by atoms with Gasteiger partial charge >= 0.3 is 0 Å². The number of likely N-dealkylation sites (tertiary alicyclic amines) is 1. The van der Waals surface area contributed by atoms with Gasteiger partial charge in [-0.3, -0.25) is 4.90 Å². The van der Waals surface area contributed by atoms with Crippen LogP contribution in [0.4, 0.5) is 0 Å². The van der Waals surface area contributed by atoms with E-state index in [0.717, 1.165) is 12.2 Å². The molecule has 1 fully saturated rings. The van der Waals surface area contributed by atoms with Crippen LogP contribution in [0.2, 0.25) is 0 Å². The Labute approximate surface area is 126 Å². The van der Waals surface area contributed by atoms with Gasteiger partial charge in [0.25, 0.3) is 0 Å². The quantitative estimate of drug-likeness (QED) is 0.937. The number of piperidine rings is 1. The van der Waals surface area contributed by atoms with Crippen molar-refractivity contribution >= 4 is 0 Å². The first-order valence-corrected chi connectivity index (χ1v) is 7.79. The number of hydrogen-bond acceptors (Lipinski definition) is 3. The van der Waals surface area contributed by atoms with Crippen LogP contribution in [0.3, 0.4) is 0 Å². The Kier molecular flexibility index (Phi) is 4.36. The molecule has 2 unspecified atom stereocenters. The smallest absolute Gasteiger partial charge is 0.0645 e. The normalized spacial score (nSPS) is 21.3. The molecule has 0 bridgehead atoms. The molecule has 0 radical (unpaired) electrons. The Morgan fingerprint density at radius 3 is 2.86 bits per heavy atom. The van der Waals surface area contributed by atoms with Crippen LogP contribution >= 0.6 is 0 Å². The second-order valence-electron chi connectivity index (χ2n) is 5.85.